The molecule has 1 N–H and O–H groups in total. The molecule has 0 radical (unpaired) electrons. The van der Waals surface area contributed by atoms with Crippen molar-refractivity contribution in [2.24, 2.45) is 0 Å². The number of carbonyl (C=O) groups is 2. The Morgan fingerprint density at radius 1 is 1.08 bits per heavy atom. The lowest BCUT2D eigenvalue weighted by Crippen LogP contribution is -2.31. The van der Waals surface area contributed by atoms with E-state index in [1.807, 2.05) is 0 Å². The average molecular weight is 361 g/mol. The zero-order valence-electron chi connectivity index (χ0n) is 13.7. The fourth-order valence-electron chi connectivity index (χ4n) is 2.96. The molecule has 0 fully saturated rings. The number of benzene rings is 2. The van der Waals surface area contributed by atoms with Gasteiger partial charge in [-0.05, 0) is 29.8 Å². The Labute approximate surface area is 147 Å². The summed E-state index contributed by atoms with van der Waals surface area (Å²) in [6, 6.07) is 6.21. The Bertz CT molecular complexity index is 922. The largest absolute Gasteiger partial charge is 0.503 e. The molecule has 0 saturated carbocycles. The van der Waals surface area contributed by atoms with Crippen LogP contribution in [0, 0.1) is 17.5 Å². The summed E-state index contributed by atoms with van der Waals surface area (Å²) in [5.74, 6) is -4.61. The minimum atomic E-state index is -1.19. The third kappa shape index (κ3) is 2.85. The molecular formula is C19H14F3NO3. The summed E-state index contributed by atoms with van der Waals surface area (Å²) in [4.78, 5) is 25.7. The minimum absolute atomic E-state index is 0.0101. The molecule has 0 spiro atoms. The van der Waals surface area contributed by atoms with E-state index in [2.05, 4.69) is 0 Å². The van der Waals surface area contributed by atoms with Crippen LogP contribution >= 0.6 is 0 Å². The van der Waals surface area contributed by atoms with Crippen LogP contribution in [0.5, 0.6) is 0 Å². The molecule has 0 aromatic heterocycles. The van der Waals surface area contributed by atoms with Crippen LogP contribution in [0.15, 0.2) is 53.8 Å². The Morgan fingerprint density at radius 2 is 1.69 bits per heavy atom. The average Bonchev–Trinajstić information content (AvgIpc) is 2.88. The van der Waals surface area contributed by atoms with Gasteiger partial charge in [0.15, 0.2) is 11.5 Å². The highest BCUT2D eigenvalue weighted by molar-refractivity contribution is 6.16. The molecule has 1 heterocycles. The maximum Gasteiger partial charge on any atom is 0.294 e. The van der Waals surface area contributed by atoms with E-state index in [4.69, 9.17) is 0 Å². The summed E-state index contributed by atoms with van der Waals surface area (Å²) in [5.41, 5.74) is -0.369. The summed E-state index contributed by atoms with van der Waals surface area (Å²) < 4.78 is 41.2. The first-order valence-corrected chi connectivity index (χ1v) is 7.85. The number of hydrogen-bond donors (Lipinski definition) is 1. The molecule has 0 bridgehead atoms. The zero-order chi connectivity index (χ0) is 19.0. The summed E-state index contributed by atoms with van der Waals surface area (Å²) >= 11 is 0. The molecule has 1 atom stereocenters. The standard InChI is InChI=1S/C19H14F3NO3/c1-2-15(24)16-17(10-3-5-11(20)6-4-10)23(19(26)18(16)25)14-9-12(21)7-8-13(14)22/h3-9,17,25H,2H2,1H3. The molecule has 1 aliphatic rings. The van der Waals surface area contributed by atoms with Crippen molar-refractivity contribution < 1.29 is 27.9 Å². The van der Waals surface area contributed by atoms with E-state index in [9.17, 15) is 27.9 Å². The van der Waals surface area contributed by atoms with Gasteiger partial charge in [0.1, 0.15) is 17.5 Å². The van der Waals surface area contributed by atoms with Crippen LogP contribution in [-0.4, -0.2) is 16.8 Å². The van der Waals surface area contributed by atoms with Gasteiger partial charge >= 0.3 is 0 Å². The molecule has 4 nitrogen and oxygen atoms in total. The lowest BCUT2D eigenvalue weighted by atomic mass is 9.95. The number of nitrogens with zero attached hydrogens (tertiary/aromatic N) is 1. The van der Waals surface area contributed by atoms with E-state index in [0.29, 0.717) is 0 Å². The van der Waals surface area contributed by atoms with Crippen molar-refractivity contribution in [3.05, 3.63) is 76.8 Å². The maximum atomic E-state index is 14.3. The van der Waals surface area contributed by atoms with Crippen LogP contribution in [0.25, 0.3) is 0 Å². The number of amides is 1. The molecule has 7 heteroatoms. The molecular weight excluding hydrogens is 347 g/mol. The molecule has 26 heavy (non-hydrogen) atoms. The number of aliphatic hydroxyl groups is 1. The number of rotatable bonds is 4. The Kier molecular flexibility index (Phi) is 4.54. The molecule has 0 saturated heterocycles. The second-order valence-electron chi connectivity index (χ2n) is 5.76. The van der Waals surface area contributed by atoms with E-state index >= 15 is 0 Å². The fourth-order valence-corrected chi connectivity index (χ4v) is 2.96. The van der Waals surface area contributed by atoms with Crippen LogP contribution in [0.2, 0.25) is 0 Å². The summed E-state index contributed by atoms with van der Waals surface area (Å²) in [6.07, 6.45) is -0.0101. The third-order valence-electron chi connectivity index (χ3n) is 4.18. The first-order valence-electron chi connectivity index (χ1n) is 7.85. The Morgan fingerprint density at radius 3 is 2.31 bits per heavy atom. The summed E-state index contributed by atoms with van der Waals surface area (Å²) in [5, 5.41) is 10.2. The van der Waals surface area contributed by atoms with Crippen LogP contribution in [0.4, 0.5) is 18.9 Å². The van der Waals surface area contributed by atoms with E-state index in [-0.39, 0.29) is 17.6 Å². The van der Waals surface area contributed by atoms with E-state index < -0.39 is 46.6 Å². The predicted molar refractivity (Wildman–Crippen MR) is 87.9 cm³/mol. The zero-order valence-corrected chi connectivity index (χ0v) is 13.7. The van der Waals surface area contributed by atoms with Gasteiger partial charge in [0.05, 0.1) is 17.3 Å². The van der Waals surface area contributed by atoms with Crippen molar-refractivity contribution in [1.29, 1.82) is 0 Å². The van der Waals surface area contributed by atoms with E-state index in [1.165, 1.54) is 12.1 Å². The normalized spacial score (nSPS) is 17.2. The Hall–Kier alpha value is -3.09. The molecule has 134 valence electrons. The van der Waals surface area contributed by atoms with Gasteiger partial charge in [-0.3, -0.25) is 14.5 Å². The quantitative estimate of drug-likeness (QED) is 0.896. The van der Waals surface area contributed by atoms with Crippen molar-refractivity contribution in [2.45, 2.75) is 19.4 Å². The van der Waals surface area contributed by atoms with Gasteiger partial charge in [-0.1, -0.05) is 19.1 Å². The summed E-state index contributed by atoms with van der Waals surface area (Å²) in [6.45, 7) is 1.54. The van der Waals surface area contributed by atoms with Crippen LogP contribution < -0.4 is 4.90 Å². The van der Waals surface area contributed by atoms with Gasteiger partial charge in [0, 0.05) is 12.5 Å². The van der Waals surface area contributed by atoms with Gasteiger partial charge in [-0.2, -0.15) is 0 Å². The van der Waals surface area contributed by atoms with Crippen molar-refractivity contribution >= 4 is 17.4 Å². The molecule has 1 unspecified atom stereocenters. The molecule has 0 aliphatic carbocycles. The number of ketones is 1. The highest BCUT2D eigenvalue weighted by Crippen LogP contribution is 2.42. The molecule has 1 amide bonds. The van der Waals surface area contributed by atoms with Crippen molar-refractivity contribution in [2.75, 3.05) is 4.90 Å². The second kappa shape index (κ2) is 6.67. The second-order valence-corrected chi connectivity index (χ2v) is 5.76. The lowest BCUT2D eigenvalue weighted by Gasteiger charge is -2.27. The lowest BCUT2D eigenvalue weighted by molar-refractivity contribution is -0.118. The van der Waals surface area contributed by atoms with Gasteiger partial charge in [-0.25, -0.2) is 13.2 Å². The van der Waals surface area contributed by atoms with Crippen LogP contribution in [0.1, 0.15) is 24.9 Å². The monoisotopic (exact) mass is 361 g/mol. The van der Waals surface area contributed by atoms with Crippen LogP contribution in [-0.2, 0) is 9.59 Å². The maximum absolute atomic E-state index is 14.3. The SMILES string of the molecule is CCC(=O)C1=C(O)C(=O)N(c2cc(F)ccc2F)C1c1ccc(F)cc1. The smallest absolute Gasteiger partial charge is 0.294 e. The molecule has 3 rings (SSSR count). The van der Waals surface area contributed by atoms with Crippen LogP contribution in [0.3, 0.4) is 0 Å². The number of aliphatic hydroxyl groups excluding tert-OH is 1. The van der Waals surface area contributed by atoms with Gasteiger partial charge in [-0.15, -0.1) is 0 Å². The highest BCUT2D eigenvalue weighted by Gasteiger charge is 2.44. The Balaban J connectivity index is 2.22. The molecule has 2 aromatic rings. The number of halogens is 3. The number of carbonyl (C=O) groups excluding carboxylic acids is 2. The summed E-state index contributed by atoms with van der Waals surface area (Å²) in [7, 11) is 0. The van der Waals surface area contributed by atoms with Gasteiger partial charge < -0.3 is 5.11 Å². The first-order chi connectivity index (χ1) is 12.3. The highest BCUT2D eigenvalue weighted by atomic mass is 19.1. The minimum Gasteiger partial charge on any atom is -0.503 e. The van der Waals surface area contributed by atoms with E-state index in [1.54, 1.807) is 6.92 Å². The third-order valence-corrected chi connectivity index (χ3v) is 4.18. The first kappa shape index (κ1) is 17.7. The number of Topliss-reactive ketones (excluding diaryl/α,β-unsaturated/α-hetero) is 1. The van der Waals surface area contributed by atoms with Gasteiger partial charge in [0.25, 0.3) is 5.91 Å². The molecule has 1 aliphatic heterocycles. The van der Waals surface area contributed by atoms with Crippen molar-refractivity contribution in [3.63, 3.8) is 0 Å². The van der Waals surface area contributed by atoms with E-state index in [0.717, 1.165) is 35.2 Å². The predicted octanol–water partition coefficient (Wildman–Crippen LogP) is 3.98. The van der Waals surface area contributed by atoms with Gasteiger partial charge in [0.2, 0.25) is 0 Å². The fraction of sp³-hybridized carbons (Fsp3) is 0.158. The van der Waals surface area contributed by atoms with Crippen molar-refractivity contribution in [3.8, 4) is 0 Å². The number of hydrogen-bond acceptors (Lipinski definition) is 3. The molecule has 2 aromatic carbocycles. The topological polar surface area (TPSA) is 57.6 Å². The van der Waals surface area contributed by atoms with Crippen molar-refractivity contribution in [1.82, 2.24) is 0 Å². The number of anilines is 1.